The Labute approximate surface area is 102 Å². The van der Waals surface area contributed by atoms with Gasteiger partial charge in [-0.25, -0.2) is 0 Å². The number of rotatable bonds is 3. The fourth-order valence-electron chi connectivity index (χ4n) is 1.45. The first-order chi connectivity index (χ1) is 8.43. The minimum absolute atomic E-state index is 0.0386. The van der Waals surface area contributed by atoms with E-state index in [9.17, 15) is 31.1 Å². The quantitative estimate of drug-likeness (QED) is 0.871. The number of aliphatic carboxylic acids is 1. The maximum Gasteiger partial charge on any atom is 0.435 e. The molecule has 0 aliphatic rings. The van der Waals surface area contributed by atoms with Crippen LogP contribution in [0.3, 0.4) is 0 Å². The highest BCUT2D eigenvalue weighted by molar-refractivity contribution is 5.67. The zero-order chi connectivity index (χ0) is 15.0. The zero-order valence-electron chi connectivity index (χ0n) is 9.38. The van der Waals surface area contributed by atoms with Crippen LogP contribution in [0.1, 0.15) is 23.9 Å². The number of carbonyl (C=O) groups is 1. The first-order valence-electron chi connectivity index (χ1n) is 4.84. The summed E-state index contributed by atoms with van der Waals surface area (Å²) in [5.74, 6) is -1.79. The van der Waals surface area contributed by atoms with Gasteiger partial charge in [-0.05, 0) is 13.0 Å². The molecule has 1 aromatic rings. The summed E-state index contributed by atoms with van der Waals surface area (Å²) in [4.78, 5) is 10.4. The predicted molar refractivity (Wildman–Crippen MR) is 49.3 cm³/mol. The second-order valence-corrected chi connectivity index (χ2v) is 3.77. The van der Waals surface area contributed by atoms with Gasteiger partial charge in [0.2, 0.25) is 0 Å². The van der Waals surface area contributed by atoms with Crippen molar-refractivity contribution in [2.75, 3.05) is 0 Å². The van der Waals surface area contributed by atoms with Crippen molar-refractivity contribution in [3.05, 3.63) is 17.5 Å². The van der Waals surface area contributed by atoms with Gasteiger partial charge in [0.1, 0.15) is 0 Å². The highest BCUT2D eigenvalue weighted by Gasteiger charge is 2.45. The fraction of sp³-hybridized carbons (Fsp3) is 0.556. The molecule has 4 nitrogen and oxygen atoms in total. The van der Waals surface area contributed by atoms with E-state index in [1.165, 1.54) is 0 Å². The molecule has 0 spiro atoms. The van der Waals surface area contributed by atoms with Crippen LogP contribution in [0, 0.1) is 6.92 Å². The average Bonchev–Trinajstić information content (AvgIpc) is 2.54. The Kier molecular flexibility index (Phi) is 3.82. The van der Waals surface area contributed by atoms with Gasteiger partial charge in [0.25, 0.3) is 0 Å². The molecular weight excluding hydrogens is 282 g/mol. The van der Waals surface area contributed by atoms with Gasteiger partial charge < -0.3 is 5.11 Å². The second kappa shape index (κ2) is 4.74. The summed E-state index contributed by atoms with van der Waals surface area (Å²) in [6.07, 6.45) is -11.3. The van der Waals surface area contributed by atoms with E-state index < -0.39 is 42.2 Å². The van der Waals surface area contributed by atoms with E-state index in [0.717, 1.165) is 6.92 Å². The molecule has 0 saturated carbocycles. The van der Waals surface area contributed by atoms with Crippen LogP contribution in [0.15, 0.2) is 6.07 Å². The molecule has 1 unspecified atom stereocenters. The Balaban J connectivity index is 3.24. The van der Waals surface area contributed by atoms with Crippen LogP contribution in [0.25, 0.3) is 0 Å². The Hall–Kier alpha value is -1.74. The standard InChI is InChI=1S/C9H8F6N2O2/c1-4-2-5(8(10,11)12)16-17(4)6(3-7(18)19)9(13,14)15/h2,6H,3H2,1H3,(H,18,19). The first-order valence-corrected chi connectivity index (χ1v) is 4.84. The third-order valence-corrected chi connectivity index (χ3v) is 2.25. The molecule has 1 rings (SSSR count). The predicted octanol–water partition coefficient (Wildman–Crippen LogP) is 2.79. The number of nitrogens with zero attached hydrogens (tertiary/aromatic N) is 2. The van der Waals surface area contributed by atoms with Crippen molar-refractivity contribution in [1.82, 2.24) is 9.78 Å². The number of alkyl halides is 6. The van der Waals surface area contributed by atoms with Crippen LogP contribution in [0.2, 0.25) is 0 Å². The maximum absolute atomic E-state index is 12.6. The monoisotopic (exact) mass is 290 g/mol. The fourth-order valence-corrected chi connectivity index (χ4v) is 1.45. The molecule has 0 aromatic carbocycles. The normalized spacial score (nSPS) is 14.5. The van der Waals surface area contributed by atoms with Gasteiger partial charge in [0.05, 0.1) is 6.42 Å². The summed E-state index contributed by atoms with van der Waals surface area (Å²) < 4.78 is 75.0. The highest BCUT2D eigenvalue weighted by Crippen LogP contribution is 2.36. The van der Waals surface area contributed by atoms with E-state index in [1.54, 1.807) is 0 Å². The van der Waals surface area contributed by atoms with Gasteiger partial charge in [-0.1, -0.05) is 0 Å². The zero-order valence-corrected chi connectivity index (χ0v) is 9.38. The van der Waals surface area contributed by atoms with Crippen molar-refractivity contribution in [3.63, 3.8) is 0 Å². The van der Waals surface area contributed by atoms with Crippen LogP contribution >= 0.6 is 0 Å². The molecule has 19 heavy (non-hydrogen) atoms. The summed E-state index contributed by atoms with van der Waals surface area (Å²) in [5, 5.41) is 11.2. The van der Waals surface area contributed by atoms with E-state index in [1.807, 2.05) is 0 Å². The summed E-state index contributed by atoms with van der Waals surface area (Å²) in [5.41, 5.74) is -1.92. The average molecular weight is 290 g/mol. The van der Waals surface area contributed by atoms with Crippen molar-refractivity contribution in [2.45, 2.75) is 31.7 Å². The minimum atomic E-state index is -5.02. The summed E-state index contributed by atoms with van der Waals surface area (Å²) in [7, 11) is 0. The van der Waals surface area contributed by atoms with Crippen LogP contribution in [0.4, 0.5) is 26.3 Å². The van der Waals surface area contributed by atoms with E-state index >= 15 is 0 Å². The van der Waals surface area contributed by atoms with E-state index in [-0.39, 0.29) is 4.68 Å². The topological polar surface area (TPSA) is 55.1 Å². The first kappa shape index (κ1) is 15.3. The van der Waals surface area contributed by atoms with Crippen LogP contribution in [-0.4, -0.2) is 27.0 Å². The maximum atomic E-state index is 12.6. The molecule has 0 aliphatic heterocycles. The Bertz CT molecular complexity index is 476. The number of hydrogen-bond acceptors (Lipinski definition) is 2. The number of carboxylic acids is 1. The molecule has 0 amide bonds. The molecule has 1 N–H and O–H groups in total. The molecule has 1 aromatic heterocycles. The number of carboxylic acid groups (broad SMARTS) is 1. The molecule has 0 bridgehead atoms. The SMILES string of the molecule is Cc1cc(C(F)(F)F)nn1C(CC(=O)O)C(F)(F)F. The molecule has 10 heteroatoms. The van der Waals surface area contributed by atoms with E-state index in [2.05, 4.69) is 5.10 Å². The van der Waals surface area contributed by atoms with Crippen LogP contribution < -0.4 is 0 Å². The van der Waals surface area contributed by atoms with Crippen molar-refractivity contribution >= 4 is 5.97 Å². The molecule has 108 valence electrons. The molecule has 1 atom stereocenters. The Morgan fingerprint density at radius 2 is 1.89 bits per heavy atom. The third-order valence-electron chi connectivity index (χ3n) is 2.25. The van der Waals surface area contributed by atoms with Gasteiger partial charge >= 0.3 is 18.3 Å². The molecule has 0 saturated heterocycles. The van der Waals surface area contributed by atoms with Gasteiger partial charge in [-0.15, -0.1) is 0 Å². The van der Waals surface area contributed by atoms with E-state index in [4.69, 9.17) is 5.11 Å². The lowest BCUT2D eigenvalue weighted by molar-refractivity contribution is -0.180. The number of halogens is 6. The van der Waals surface area contributed by atoms with Crippen LogP contribution in [0.5, 0.6) is 0 Å². The number of aryl methyl sites for hydroxylation is 1. The Morgan fingerprint density at radius 1 is 1.37 bits per heavy atom. The summed E-state index contributed by atoms with van der Waals surface area (Å²) >= 11 is 0. The molecule has 0 radical (unpaired) electrons. The number of aromatic nitrogens is 2. The lowest BCUT2D eigenvalue weighted by atomic mass is 10.2. The third kappa shape index (κ3) is 3.61. The second-order valence-electron chi connectivity index (χ2n) is 3.77. The molecule has 1 heterocycles. The largest absolute Gasteiger partial charge is 0.481 e. The lowest BCUT2D eigenvalue weighted by Crippen LogP contribution is -2.30. The van der Waals surface area contributed by atoms with Crippen molar-refractivity contribution in [3.8, 4) is 0 Å². The molecule has 0 fully saturated rings. The number of hydrogen-bond donors (Lipinski definition) is 1. The van der Waals surface area contributed by atoms with Gasteiger partial charge in [0.15, 0.2) is 11.7 Å². The van der Waals surface area contributed by atoms with Gasteiger partial charge in [0, 0.05) is 5.69 Å². The van der Waals surface area contributed by atoms with Gasteiger partial charge in [-0.3, -0.25) is 9.48 Å². The van der Waals surface area contributed by atoms with Crippen molar-refractivity contribution in [1.29, 1.82) is 0 Å². The lowest BCUT2D eigenvalue weighted by Gasteiger charge is -2.20. The molecule has 0 aliphatic carbocycles. The highest BCUT2D eigenvalue weighted by atomic mass is 19.4. The van der Waals surface area contributed by atoms with Crippen LogP contribution in [-0.2, 0) is 11.0 Å². The van der Waals surface area contributed by atoms with Crippen molar-refractivity contribution < 1.29 is 36.2 Å². The molecular formula is C9H8F6N2O2. The Morgan fingerprint density at radius 3 is 2.21 bits per heavy atom. The van der Waals surface area contributed by atoms with Gasteiger partial charge in [-0.2, -0.15) is 31.4 Å². The van der Waals surface area contributed by atoms with E-state index in [0.29, 0.717) is 6.07 Å². The smallest absolute Gasteiger partial charge is 0.435 e. The van der Waals surface area contributed by atoms with Crippen molar-refractivity contribution in [2.24, 2.45) is 0 Å². The minimum Gasteiger partial charge on any atom is -0.481 e. The summed E-state index contributed by atoms with van der Waals surface area (Å²) in [6, 6.07) is -2.21. The summed E-state index contributed by atoms with van der Waals surface area (Å²) in [6.45, 7) is 0.989.